The molecule has 0 N–H and O–H groups in total. The van der Waals surface area contributed by atoms with Gasteiger partial charge in [0.25, 0.3) is 0 Å². The monoisotopic (exact) mass is 305 g/mol. The van der Waals surface area contributed by atoms with Gasteiger partial charge in [-0.1, -0.05) is 78.4 Å². The first-order valence-electron chi connectivity index (χ1n) is 7.46. The molecule has 0 radical (unpaired) electrons. The van der Waals surface area contributed by atoms with E-state index in [-0.39, 0.29) is 0 Å². The predicted octanol–water partition coefficient (Wildman–Crippen LogP) is 4.48. The highest BCUT2D eigenvalue weighted by atomic mass is 31.1. The molecule has 0 saturated heterocycles. The predicted molar refractivity (Wildman–Crippen MR) is 98.7 cm³/mol. The van der Waals surface area contributed by atoms with Crippen molar-refractivity contribution in [3.05, 3.63) is 90.5 Å². The van der Waals surface area contributed by atoms with E-state index < -0.39 is 8.07 Å². The Morgan fingerprint density at radius 1 is 0.636 bits per heavy atom. The van der Waals surface area contributed by atoms with E-state index in [2.05, 4.69) is 104 Å². The summed E-state index contributed by atoms with van der Waals surface area (Å²) >= 11 is 0. The standard InChI is InChI=1S/C20H20NP/c1-17-13-15-20(16-14-17)22(19-11-7-4-8-12-19)21(2)18-9-5-3-6-10-18/h3-16H,1-2H3. The van der Waals surface area contributed by atoms with Crippen molar-refractivity contribution < 1.29 is 0 Å². The summed E-state index contributed by atoms with van der Waals surface area (Å²) in [5, 5.41) is 2.74. The number of anilines is 1. The van der Waals surface area contributed by atoms with Crippen LogP contribution in [0.4, 0.5) is 5.69 Å². The minimum atomic E-state index is -0.567. The molecular formula is C20H20NP. The molecule has 0 aliphatic heterocycles. The summed E-state index contributed by atoms with van der Waals surface area (Å²) < 4.78 is 2.40. The molecule has 1 atom stereocenters. The van der Waals surface area contributed by atoms with Gasteiger partial charge in [-0.3, -0.25) is 0 Å². The minimum Gasteiger partial charge on any atom is -0.346 e. The van der Waals surface area contributed by atoms with Crippen LogP contribution in [0.3, 0.4) is 0 Å². The minimum absolute atomic E-state index is 0.567. The Morgan fingerprint density at radius 3 is 1.73 bits per heavy atom. The highest BCUT2D eigenvalue weighted by Gasteiger charge is 2.19. The molecule has 0 heterocycles. The summed E-state index contributed by atoms with van der Waals surface area (Å²) in [5.74, 6) is 0. The zero-order valence-electron chi connectivity index (χ0n) is 13.0. The molecule has 0 aromatic heterocycles. The van der Waals surface area contributed by atoms with Gasteiger partial charge in [0.15, 0.2) is 0 Å². The second-order valence-corrected chi connectivity index (χ2v) is 7.60. The van der Waals surface area contributed by atoms with Gasteiger partial charge in [-0.05, 0) is 19.1 Å². The molecule has 0 fully saturated rings. The molecule has 0 amide bonds. The van der Waals surface area contributed by atoms with Crippen molar-refractivity contribution in [2.24, 2.45) is 0 Å². The third kappa shape index (κ3) is 3.21. The second kappa shape index (κ2) is 6.77. The van der Waals surface area contributed by atoms with Crippen molar-refractivity contribution in [1.29, 1.82) is 0 Å². The van der Waals surface area contributed by atoms with E-state index in [0.717, 1.165) is 0 Å². The molecule has 1 unspecified atom stereocenters. The molecule has 0 bridgehead atoms. The second-order valence-electron chi connectivity index (χ2n) is 5.34. The van der Waals surface area contributed by atoms with Crippen molar-refractivity contribution in [1.82, 2.24) is 0 Å². The number of rotatable bonds is 4. The van der Waals surface area contributed by atoms with Crippen LogP contribution in [0.15, 0.2) is 84.9 Å². The molecule has 3 rings (SSSR count). The summed E-state index contributed by atoms with van der Waals surface area (Å²) in [7, 11) is 1.62. The van der Waals surface area contributed by atoms with Gasteiger partial charge in [0, 0.05) is 23.3 Å². The maximum Gasteiger partial charge on any atom is 0.0547 e. The maximum absolute atomic E-state index is 2.40. The van der Waals surface area contributed by atoms with E-state index in [1.165, 1.54) is 21.9 Å². The number of hydrogen-bond acceptors (Lipinski definition) is 1. The maximum atomic E-state index is 2.40. The van der Waals surface area contributed by atoms with Crippen molar-refractivity contribution >= 4 is 24.4 Å². The summed E-state index contributed by atoms with van der Waals surface area (Å²) in [6, 6.07) is 30.3. The molecule has 0 aliphatic carbocycles. The third-order valence-electron chi connectivity index (χ3n) is 3.71. The van der Waals surface area contributed by atoms with Crippen LogP contribution < -0.4 is 15.3 Å². The van der Waals surface area contributed by atoms with E-state index >= 15 is 0 Å². The molecule has 0 spiro atoms. The SMILES string of the molecule is Cc1ccc(P(c2ccccc2)N(C)c2ccccc2)cc1. The molecular weight excluding hydrogens is 285 g/mol. The van der Waals surface area contributed by atoms with Gasteiger partial charge in [-0.25, -0.2) is 0 Å². The van der Waals surface area contributed by atoms with Gasteiger partial charge in [-0.15, -0.1) is 0 Å². The molecule has 0 aliphatic rings. The Labute approximate surface area is 134 Å². The highest BCUT2D eigenvalue weighted by molar-refractivity contribution is 7.74. The number of para-hydroxylation sites is 1. The zero-order valence-corrected chi connectivity index (χ0v) is 13.9. The number of aryl methyl sites for hydroxylation is 1. The van der Waals surface area contributed by atoms with Crippen LogP contribution in [-0.2, 0) is 0 Å². The van der Waals surface area contributed by atoms with Crippen LogP contribution in [0, 0.1) is 6.92 Å². The fraction of sp³-hybridized carbons (Fsp3) is 0.100. The van der Waals surface area contributed by atoms with Gasteiger partial charge in [0.05, 0.1) is 8.07 Å². The first-order valence-corrected chi connectivity index (χ1v) is 8.76. The highest BCUT2D eigenvalue weighted by Crippen LogP contribution is 2.40. The van der Waals surface area contributed by atoms with Crippen LogP contribution in [0.25, 0.3) is 0 Å². The number of hydrogen-bond donors (Lipinski definition) is 0. The average Bonchev–Trinajstić information content (AvgIpc) is 2.58. The van der Waals surface area contributed by atoms with Crippen molar-refractivity contribution in [3.63, 3.8) is 0 Å². The molecule has 3 aromatic rings. The Balaban J connectivity index is 2.05. The molecule has 0 saturated carbocycles. The Hall–Kier alpha value is -2.11. The normalized spacial score (nSPS) is 11.9. The van der Waals surface area contributed by atoms with Gasteiger partial charge in [0.2, 0.25) is 0 Å². The summed E-state index contributed by atoms with van der Waals surface area (Å²) in [4.78, 5) is 0. The fourth-order valence-electron chi connectivity index (χ4n) is 2.51. The summed E-state index contributed by atoms with van der Waals surface area (Å²) in [6.45, 7) is 2.13. The van der Waals surface area contributed by atoms with Crippen molar-refractivity contribution in [2.75, 3.05) is 11.7 Å². The number of nitrogens with zero attached hydrogens (tertiary/aromatic N) is 1. The molecule has 1 nitrogen and oxygen atoms in total. The summed E-state index contributed by atoms with van der Waals surface area (Å²) in [6.07, 6.45) is 0. The smallest absolute Gasteiger partial charge is 0.0547 e. The first kappa shape index (κ1) is 14.8. The lowest BCUT2D eigenvalue weighted by Gasteiger charge is -2.30. The van der Waals surface area contributed by atoms with E-state index in [9.17, 15) is 0 Å². The quantitative estimate of drug-likeness (QED) is 0.642. The molecule has 3 aromatic carbocycles. The molecule has 110 valence electrons. The Kier molecular flexibility index (Phi) is 4.56. The van der Waals surface area contributed by atoms with Gasteiger partial charge < -0.3 is 4.67 Å². The van der Waals surface area contributed by atoms with Crippen LogP contribution in [0.2, 0.25) is 0 Å². The average molecular weight is 305 g/mol. The van der Waals surface area contributed by atoms with E-state index in [0.29, 0.717) is 0 Å². The number of benzene rings is 3. The van der Waals surface area contributed by atoms with Crippen molar-refractivity contribution in [3.8, 4) is 0 Å². The van der Waals surface area contributed by atoms with Gasteiger partial charge in [-0.2, -0.15) is 0 Å². The molecule has 2 heteroatoms. The fourth-order valence-corrected chi connectivity index (χ4v) is 4.75. The zero-order chi connectivity index (χ0) is 15.4. The summed E-state index contributed by atoms with van der Waals surface area (Å²) in [5.41, 5.74) is 2.55. The Morgan fingerprint density at radius 2 is 1.14 bits per heavy atom. The van der Waals surface area contributed by atoms with Crippen LogP contribution in [0.1, 0.15) is 5.56 Å². The topological polar surface area (TPSA) is 3.24 Å². The van der Waals surface area contributed by atoms with E-state index in [4.69, 9.17) is 0 Å². The lowest BCUT2D eigenvalue weighted by atomic mass is 10.2. The van der Waals surface area contributed by atoms with Gasteiger partial charge >= 0.3 is 0 Å². The molecule has 22 heavy (non-hydrogen) atoms. The lowest BCUT2D eigenvalue weighted by molar-refractivity contribution is 1.34. The van der Waals surface area contributed by atoms with Gasteiger partial charge in [0.1, 0.15) is 0 Å². The van der Waals surface area contributed by atoms with Crippen LogP contribution in [0.5, 0.6) is 0 Å². The Bertz CT molecular complexity index is 708. The van der Waals surface area contributed by atoms with E-state index in [1.54, 1.807) is 0 Å². The third-order valence-corrected chi connectivity index (χ3v) is 6.11. The first-order chi connectivity index (χ1) is 10.8. The van der Waals surface area contributed by atoms with Crippen LogP contribution in [-0.4, -0.2) is 7.05 Å². The van der Waals surface area contributed by atoms with Crippen molar-refractivity contribution in [2.45, 2.75) is 6.92 Å². The lowest BCUT2D eigenvalue weighted by Crippen LogP contribution is -2.25. The van der Waals surface area contributed by atoms with E-state index in [1.807, 2.05) is 0 Å². The van der Waals surface area contributed by atoms with Crippen LogP contribution >= 0.6 is 8.07 Å². The largest absolute Gasteiger partial charge is 0.346 e.